The van der Waals surface area contributed by atoms with Crippen molar-refractivity contribution in [1.82, 2.24) is 19.2 Å². The summed E-state index contributed by atoms with van der Waals surface area (Å²) in [7, 11) is -3.45. The Morgan fingerprint density at radius 1 is 0.971 bits per heavy atom. The lowest BCUT2D eigenvalue weighted by Crippen LogP contribution is -2.45. The maximum Gasteiger partial charge on any atom is 0.404 e. The molecule has 0 aromatic heterocycles. The van der Waals surface area contributed by atoms with E-state index in [9.17, 15) is 13.2 Å². The van der Waals surface area contributed by atoms with Crippen LogP contribution in [-0.2, 0) is 10.2 Å². The van der Waals surface area contributed by atoms with Gasteiger partial charge in [0.25, 0.3) is 10.2 Å². The first-order valence-electron chi connectivity index (χ1n) is 12.9. The first-order chi connectivity index (χ1) is 16.4. The van der Waals surface area contributed by atoms with Gasteiger partial charge in [-0.05, 0) is 69.0 Å². The largest absolute Gasteiger partial charge is 0.465 e. The highest BCUT2D eigenvalue weighted by atomic mass is 32.2. The van der Waals surface area contributed by atoms with Crippen LogP contribution in [0.1, 0.15) is 69.3 Å². The van der Waals surface area contributed by atoms with Crippen molar-refractivity contribution in [3.63, 3.8) is 0 Å². The molecule has 0 spiro atoms. The molecule has 2 fully saturated rings. The van der Waals surface area contributed by atoms with Gasteiger partial charge < -0.3 is 15.3 Å². The molecule has 1 heterocycles. The van der Waals surface area contributed by atoms with Crippen molar-refractivity contribution in [3.8, 4) is 0 Å². The Balaban J connectivity index is 1.39. The van der Waals surface area contributed by atoms with E-state index in [-0.39, 0.29) is 0 Å². The van der Waals surface area contributed by atoms with Crippen LogP contribution in [0.15, 0.2) is 30.3 Å². The summed E-state index contributed by atoms with van der Waals surface area (Å²) in [5.41, 5.74) is 1.30. The van der Waals surface area contributed by atoms with Gasteiger partial charge in [-0.2, -0.15) is 12.7 Å². The quantitative estimate of drug-likeness (QED) is 0.364. The average Bonchev–Trinajstić information content (AvgIpc) is 2.85. The van der Waals surface area contributed by atoms with Gasteiger partial charge in [0.15, 0.2) is 0 Å². The van der Waals surface area contributed by atoms with Crippen LogP contribution >= 0.6 is 0 Å². The van der Waals surface area contributed by atoms with Crippen molar-refractivity contribution in [2.75, 3.05) is 45.8 Å². The van der Waals surface area contributed by atoms with Gasteiger partial charge in [-0.1, -0.05) is 49.6 Å². The molecule has 0 radical (unpaired) electrons. The number of carboxylic acid groups (broad SMARTS) is 1. The predicted molar refractivity (Wildman–Crippen MR) is 135 cm³/mol. The van der Waals surface area contributed by atoms with E-state index >= 15 is 0 Å². The molecule has 1 aliphatic heterocycles. The molecule has 0 atom stereocenters. The Kier molecular flexibility index (Phi) is 11.1. The Morgan fingerprint density at radius 3 is 2.26 bits per heavy atom. The number of hydrogen-bond acceptors (Lipinski definition) is 4. The van der Waals surface area contributed by atoms with E-state index in [0.29, 0.717) is 38.0 Å². The van der Waals surface area contributed by atoms with Gasteiger partial charge in [-0.15, -0.1) is 0 Å². The molecule has 1 aromatic rings. The van der Waals surface area contributed by atoms with E-state index in [1.165, 1.54) is 37.7 Å². The molecule has 192 valence electrons. The second-order valence-corrected chi connectivity index (χ2v) is 11.5. The average molecular weight is 495 g/mol. The number of rotatable bonds is 13. The molecule has 0 unspecified atom stereocenters. The van der Waals surface area contributed by atoms with Crippen molar-refractivity contribution in [2.24, 2.45) is 5.92 Å². The third-order valence-electron chi connectivity index (χ3n) is 7.17. The molecular weight excluding hydrogens is 452 g/mol. The fraction of sp³-hybridized carbons (Fsp3) is 0.720. The second kappa shape index (κ2) is 14.0. The third kappa shape index (κ3) is 9.17. The van der Waals surface area contributed by atoms with Crippen LogP contribution in [-0.4, -0.2) is 74.6 Å². The summed E-state index contributed by atoms with van der Waals surface area (Å²) in [5, 5.41) is 11.2. The zero-order valence-corrected chi connectivity index (χ0v) is 21.1. The van der Waals surface area contributed by atoms with E-state index in [4.69, 9.17) is 5.11 Å². The number of carbonyl (C=O) groups is 1. The van der Waals surface area contributed by atoms with Crippen LogP contribution in [0, 0.1) is 5.92 Å². The smallest absolute Gasteiger partial charge is 0.404 e. The van der Waals surface area contributed by atoms with Crippen molar-refractivity contribution < 1.29 is 18.3 Å². The summed E-state index contributed by atoms with van der Waals surface area (Å²) in [6.07, 6.45) is 8.66. The molecule has 0 bridgehead atoms. The van der Waals surface area contributed by atoms with Crippen LogP contribution in [0.4, 0.5) is 4.79 Å². The van der Waals surface area contributed by atoms with Crippen LogP contribution in [0.2, 0.25) is 0 Å². The van der Waals surface area contributed by atoms with Gasteiger partial charge in [0.1, 0.15) is 0 Å². The number of piperidine rings is 1. The number of amides is 1. The van der Waals surface area contributed by atoms with E-state index in [1.807, 2.05) is 18.2 Å². The van der Waals surface area contributed by atoms with Gasteiger partial charge in [0.05, 0.1) is 0 Å². The minimum Gasteiger partial charge on any atom is -0.465 e. The predicted octanol–water partition coefficient (Wildman–Crippen LogP) is 3.63. The number of benzene rings is 1. The molecule has 1 saturated heterocycles. The lowest BCUT2D eigenvalue weighted by atomic mass is 9.89. The SMILES string of the molecule is O=C(O)NCCCN(CCCNS(=O)(=O)N1CCC(c2ccccc2)CC1)CC1CCCCC1. The number of nitrogens with one attached hydrogen (secondary N) is 2. The molecule has 34 heavy (non-hydrogen) atoms. The summed E-state index contributed by atoms with van der Waals surface area (Å²) in [6, 6.07) is 10.4. The van der Waals surface area contributed by atoms with Gasteiger partial charge in [0.2, 0.25) is 0 Å². The molecule has 1 aliphatic carbocycles. The van der Waals surface area contributed by atoms with Crippen LogP contribution < -0.4 is 10.0 Å². The van der Waals surface area contributed by atoms with E-state index in [1.54, 1.807) is 4.31 Å². The maximum absolute atomic E-state index is 12.8. The highest BCUT2D eigenvalue weighted by molar-refractivity contribution is 7.87. The summed E-state index contributed by atoms with van der Waals surface area (Å²) in [4.78, 5) is 13.1. The van der Waals surface area contributed by atoms with Gasteiger partial charge in [-0.25, -0.2) is 9.52 Å². The van der Waals surface area contributed by atoms with Crippen molar-refractivity contribution in [2.45, 2.75) is 63.7 Å². The first-order valence-corrected chi connectivity index (χ1v) is 14.4. The number of nitrogens with zero attached hydrogens (tertiary/aromatic N) is 2. The highest BCUT2D eigenvalue weighted by Gasteiger charge is 2.28. The van der Waals surface area contributed by atoms with E-state index in [0.717, 1.165) is 45.3 Å². The van der Waals surface area contributed by atoms with Crippen LogP contribution in [0.5, 0.6) is 0 Å². The topological polar surface area (TPSA) is 102 Å². The molecule has 3 N–H and O–H groups in total. The number of hydrogen-bond donors (Lipinski definition) is 3. The molecule has 9 heteroatoms. The van der Waals surface area contributed by atoms with Crippen molar-refractivity contribution in [3.05, 3.63) is 35.9 Å². The van der Waals surface area contributed by atoms with Crippen LogP contribution in [0.25, 0.3) is 0 Å². The second-order valence-electron chi connectivity index (χ2n) is 9.73. The fourth-order valence-corrected chi connectivity index (χ4v) is 6.55. The highest BCUT2D eigenvalue weighted by Crippen LogP contribution is 2.28. The zero-order chi connectivity index (χ0) is 24.2. The molecule has 1 aromatic carbocycles. The molecule has 8 nitrogen and oxygen atoms in total. The Hall–Kier alpha value is -1.68. The molecular formula is C25H42N4O4S. The van der Waals surface area contributed by atoms with Gasteiger partial charge in [0, 0.05) is 32.7 Å². The van der Waals surface area contributed by atoms with Gasteiger partial charge in [-0.3, -0.25) is 0 Å². The summed E-state index contributed by atoms with van der Waals surface area (Å²) < 4.78 is 30.0. The standard InChI is InChI=1S/C25H42N4O4S/c30-25(31)26-15-7-17-28(21-22-9-3-1-4-10-22)18-8-16-27-34(32,33)29-19-13-24(14-20-29)23-11-5-2-6-12-23/h2,5-6,11-12,22,24,26-27H,1,3-4,7-10,13-21H2,(H,30,31). The zero-order valence-electron chi connectivity index (χ0n) is 20.3. The summed E-state index contributed by atoms with van der Waals surface area (Å²) in [6.45, 7) is 4.65. The molecule has 3 rings (SSSR count). The summed E-state index contributed by atoms with van der Waals surface area (Å²) >= 11 is 0. The molecule has 1 amide bonds. The lowest BCUT2D eigenvalue weighted by molar-refractivity contribution is 0.187. The molecule has 1 saturated carbocycles. The normalized spacial score (nSPS) is 18.9. The van der Waals surface area contributed by atoms with E-state index < -0.39 is 16.3 Å². The first kappa shape index (κ1) is 26.9. The minimum absolute atomic E-state index is 0.426. The third-order valence-corrected chi connectivity index (χ3v) is 8.78. The Bertz CT molecular complexity index is 823. The summed E-state index contributed by atoms with van der Waals surface area (Å²) in [5.74, 6) is 1.13. The lowest BCUT2D eigenvalue weighted by Gasteiger charge is -2.32. The van der Waals surface area contributed by atoms with Crippen LogP contribution in [0.3, 0.4) is 0 Å². The fourth-order valence-electron chi connectivity index (χ4n) is 5.28. The Labute approximate surface area is 205 Å². The van der Waals surface area contributed by atoms with E-state index in [2.05, 4.69) is 27.1 Å². The Morgan fingerprint density at radius 2 is 1.62 bits per heavy atom. The van der Waals surface area contributed by atoms with Crippen molar-refractivity contribution in [1.29, 1.82) is 0 Å². The molecule has 2 aliphatic rings. The van der Waals surface area contributed by atoms with Gasteiger partial charge >= 0.3 is 6.09 Å². The minimum atomic E-state index is -3.45. The monoisotopic (exact) mass is 494 g/mol. The maximum atomic E-state index is 12.8. The van der Waals surface area contributed by atoms with Crippen molar-refractivity contribution >= 4 is 16.3 Å².